The maximum absolute atomic E-state index is 5.46. The molecule has 1 aliphatic carbocycles. The lowest BCUT2D eigenvalue weighted by molar-refractivity contribution is 0.0685. The zero-order chi connectivity index (χ0) is 14.1. The van der Waals surface area contributed by atoms with E-state index < -0.39 is 0 Å². The van der Waals surface area contributed by atoms with E-state index in [0.717, 1.165) is 32.1 Å². The van der Waals surface area contributed by atoms with Gasteiger partial charge in [-0.3, -0.25) is 0 Å². The monoisotopic (exact) mass is 271 g/mol. The summed E-state index contributed by atoms with van der Waals surface area (Å²) in [5.74, 6) is 0.860. The summed E-state index contributed by atoms with van der Waals surface area (Å²) in [6.07, 6.45) is 6.38. The van der Waals surface area contributed by atoms with Gasteiger partial charge in [-0.15, -0.1) is 0 Å². The number of ether oxygens (including phenoxy) is 2. The third-order valence-corrected chi connectivity index (χ3v) is 3.97. The van der Waals surface area contributed by atoms with Crippen molar-refractivity contribution in [3.63, 3.8) is 0 Å². The van der Waals surface area contributed by atoms with Gasteiger partial charge in [0.15, 0.2) is 0 Å². The van der Waals surface area contributed by atoms with Crippen molar-refractivity contribution in [2.45, 2.75) is 58.9 Å². The molecule has 0 aromatic carbocycles. The normalized spacial score (nSPS) is 26.5. The van der Waals surface area contributed by atoms with E-state index in [1.54, 1.807) is 7.11 Å². The lowest BCUT2D eigenvalue weighted by Gasteiger charge is -2.39. The van der Waals surface area contributed by atoms with Gasteiger partial charge >= 0.3 is 0 Å². The van der Waals surface area contributed by atoms with Crippen LogP contribution in [0.5, 0.6) is 0 Å². The third-order valence-electron chi connectivity index (χ3n) is 3.97. The SMILES string of the molecule is COCCOCCCCNC1CC(C)CC(C)(C)C1. The third kappa shape index (κ3) is 7.91. The van der Waals surface area contributed by atoms with Crippen molar-refractivity contribution in [2.75, 3.05) is 33.5 Å². The van der Waals surface area contributed by atoms with E-state index in [1.165, 1.54) is 25.7 Å². The van der Waals surface area contributed by atoms with E-state index in [4.69, 9.17) is 9.47 Å². The van der Waals surface area contributed by atoms with Gasteiger partial charge in [-0.1, -0.05) is 20.8 Å². The van der Waals surface area contributed by atoms with Crippen molar-refractivity contribution in [1.29, 1.82) is 0 Å². The highest BCUT2D eigenvalue weighted by atomic mass is 16.5. The van der Waals surface area contributed by atoms with Crippen LogP contribution in [0.4, 0.5) is 0 Å². The molecule has 0 aromatic heterocycles. The summed E-state index contributed by atoms with van der Waals surface area (Å²) in [5.41, 5.74) is 0.512. The molecule has 2 atom stereocenters. The van der Waals surface area contributed by atoms with Gasteiger partial charge in [-0.25, -0.2) is 0 Å². The quantitative estimate of drug-likeness (QED) is 0.653. The summed E-state index contributed by atoms with van der Waals surface area (Å²) in [5, 5.41) is 3.73. The fourth-order valence-corrected chi connectivity index (χ4v) is 3.38. The first kappa shape index (κ1) is 16.9. The second-order valence-electron chi connectivity index (χ2n) is 6.88. The maximum Gasteiger partial charge on any atom is 0.0700 e. The van der Waals surface area contributed by atoms with Crippen molar-refractivity contribution in [2.24, 2.45) is 11.3 Å². The number of rotatable bonds is 9. The molecule has 19 heavy (non-hydrogen) atoms. The van der Waals surface area contributed by atoms with Gasteiger partial charge in [-0.2, -0.15) is 0 Å². The smallest absolute Gasteiger partial charge is 0.0700 e. The van der Waals surface area contributed by atoms with Crippen LogP contribution >= 0.6 is 0 Å². The molecule has 3 nitrogen and oxygen atoms in total. The largest absolute Gasteiger partial charge is 0.382 e. The molecule has 0 bridgehead atoms. The molecule has 0 spiro atoms. The average molecular weight is 271 g/mol. The van der Waals surface area contributed by atoms with Crippen LogP contribution in [-0.4, -0.2) is 39.5 Å². The van der Waals surface area contributed by atoms with E-state index in [-0.39, 0.29) is 0 Å². The van der Waals surface area contributed by atoms with E-state index in [9.17, 15) is 0 Å². The highest BCUT2D eigenvalue weighted by Gasteiger charge is 2.31. The molecule has 114 valence electrons. The van der Waals surface area contributed by atoms with E-state index in [1.807, 2.05) is 0 Å². The molecule has 2 unspecified atom stereocenters. The minimum atomic E-state index is 0.512. The van der Waals surface area contributed by atoms with Gasteiger partial charge in [0.05, 0.1) is 13.2 Å². The van der Waals surface area contributed by atoms with Gasteiger partial charge in [-0.05, 0) is 50.0 Å². The Balaban J connectivity index is 2.00. The second-order valence-corrected chi connectivity index (χ2v) is 6.88. The van der Waals surface area contributed by atoms with Crippen molar-refractivity contribution in [1.82, 2.24) is 5.32 Å². The Morgan fingerprint density at radius 1 is 1.11 bits per heavy atom. The predicted molar refractivity (Wildman–Crippen MR) is 80.5 cm³/mol. The van der Waals surface area contributed by atoms with Crippen molar-refractivity contribution in [3.05, 3.63) is 0 Å². The van der Waals surface area contributed by atoms with Crippen LogP contribution in [-0.2, 0) is 9.47 Å². The van der Waals surface area contributed by atoms with E-state index in [0.29, 0.717) is 18.1 Å². The van der Waals surface area contributed by atoms with E-state index in [2.05, 4.69) is 26.1 Å². The first-order valence-electron chi connectivity index (χ1n) is 7.83. The van der Waals surface area contributed by atoms with Gasteiger partial charge in [0.25, 0.3) is 0 Å². The van der Waals surface area contributed by atoms with Crippen molar-refractivity contribution < 1.29 is 9.47 Å². The Hall–Kier alpha value is -0.120. The molecule has 0 amide bonds. The highest BCUT2D eigenvalue weighted by molar-refractivity contribution is 4.86. The second kappa shape index (κ2) is 8.93. The van der Waals surface area contributed by atoms with Crippen molar-refractivity contribution >= 4 is 0 Å². The molecule has 1 N–H and O–H groups in total. The van der Waals surface area contributed by atoms with Crippen molar-refractivity contribution in [3.8, 4) is 0 Å². The van der Waals surface area contributed by atoms with Crippen LogP contribution in [0, 0.1) is 11.3 Å². The molecule has 1 fully saturated rings. The number of methoxy groups -OCH3 is 1. The fraction of sp³-hybridized carbons (Fsp3) is 1.00. The number of hydrogen-bond acceptors (Lipinski definition) is 3. The van der Waals surface area contributed by atoms with Crippen LogP contribution in [0.1, 0.15) is 52.9 Å². The Bertz CT molecular complexity index is 231. The summed E-state index contributed by atoms with van der Waals surface area (Å²) < 4.78 is 10.4. The van der Waals surface area contributed by atoms with E-state index >= 15 is 0 Å². The fourth-order valence-electron chi connectivity index (χ4n) is 3.38. The summed E-state index contributed by atoms with van der Waals surface area (Å²) in [7, 11) is 1.71. The molecule has 0 aliphatic heterocycles. The highest BCUT2D eigenvalue weighted by Crippen LogP contribution is 2.38. The van der Waals surface area contributed by atoms with Crippen LogP contribution in [0.2, 0.25) is 0 Å². The average Bonchev–Trinajstić information content (AvgIpc) is 2.30. The van der Waals surface area contributed by atoms with Gasteiger partial charge in [0, 0.05) is 19.8 Å². The van der Waals surface area contributed by atoms with Crippen LogP contribution in [0.25, 0.3) is 0 Å². The Kier molecular flexibility index (Phi) is 7.96. The molecule has 1 aliphatic rings. The minimum absolute atomic E-state index is 0.512. The summed E-state index contributed by atoms with van der Waals surface area (Å²) in [4.78, 5) is 0. The number of hydrogen-bond donors (Lipinski definition) is 1. The van der Waals surface area contributed by atoms with Gasteiger partial charge in [0.2, 0.25) is 0 Å². The Morgan fingerprint density at radius 2 is 1.89 bits per heavy atom. The Morgan fingerprint density at radius 3 is 2.58 bits per heavy atom. The zero-order valence-electron chi connectivity index (χ0n) is 13.3. The lowest BCUT2D eigenvalue weighted by Crippen LogP contribution is -2.40. The Labute approximate surface area is 119 Å². The molecule has 3 heteroatoms. The van der Waals surface area contributed by atoms with Crippen LogP contribution in [0.15, 0.2) is 0 Å². The van der Waals surface area contributed by atoms with Gasteiger partial charge in [0.1, 0.15) is 0 Å². The number of nitrogens with one attached hydrogen (secondary N) is 1. The molecule has 1 rings (SSSR count). The maximum atomic E-state index is 5.46. The molecule has 0 aromatic rings. The van der Waals surface area contributed by atoms with Gasteiger partial charge < -0.3 is 14.8 Å². The molecular weight excluding hydrogens is 238 g/mol. The van der Waals surface area contributed by atoms with Crippen LogP contribution in [0.3, 0.4) is 0 Å². The molecule has 0 saturated heterocycles. The summed E-state index contributed by atoms with van der Waals surface area (Å²) >= 11 is 0. The topological polar surface area (TPSA) is 30.5 Å². The molecular formula is C16H33NO2. The van der Waals surface area contributed by atoms with Crippen LogP contribution < -0.4 is 5.32 Å². The summed E-state index contributed by atoms with van der Waals surface area (Å²) in [6, 6.07) is 0.716. The standard InChI is InChI=1S/C16H33NO2/c1-14-11-15(13-16(2,3)12-14)17-7-5-6-8-19-10-9-18-4/h14-15,17H,5-13H2,1-4H3. The molecule has 1 saturated carbocycles. The molecule has 0 heterocycles. The number of unbranched alkanes of at least 4 members (excludes halogenated alkanes) is 1. The lowest BCUT2D eigenvalue weighted by atomic mass is 9.70. The zero-order valence-corrected chi connectivity index (χ0v) is 13.3. The first-order chi connectivity index (χ1) is 9.03. The predicted octanol–water partition coefficient (Wildman–Crippen LogP) is 3.23. The molecule has 0 radical (unpaired) electrons. The minimum Gasteiger partial charge on any atom is -0.382 e. The first-order valence-corrected chi connectivity index (χ1v) is 7.83. The summed E-state index contributed by atoms with van der Waals surface area (Å²) in [6.45, 7) is 10.6.